The van der Waals surface area contributed by atoms with Crippen LogP contribution in [0.25, 0.3) is 10.9 Å². The number of nitrogens with two attached hydrogens (primary N) is 1. The number of carbonyl (C=O) groups is 1. The molecule has 21 heavy (non-hydrogen) atoms. The smallest absolute Gasteiger partial charge is 0.249 e. The lowest BCUT2D eigenvalue weighted by Crippen LogP contribution is -2.11. The molecule has 0 spiro atoms. The van der Waals surface area contributed by atoms with Gasteiger partial charge in [-0.1, -0.05) is 36.4 Å². The van der Waals surface area contributed by atoms with E-state index in [-0.39, 0.29) is 0 Å². The molecule has 0 aliphatic heterocycles. The molecule has 2 N–H and O–H groups in total. The van der Waals surface area contributed by atoms with E-state index >= 15 is 0 Å². The summed E-state index contributed by atoms with van der Waals surface area (Å²) in [6.07, 6.45) is 1.67. The minimum atomic E-state index is -0.470. The zero-order valence-corrected chi connectivity index (χ0v) is 11.3. The fourth-order valence-corrected chi connectivity index (χ4v) is 2.21. The molecule has 0 bridgehead atoms. The number of primary amides is 1. The molecule has 0 saturated carbocycles. The maximum Gasteiger partial charge on any atom is 0.249 e. The number of rotatable bonds is 4. The summed E-state index contributed by atoms with van der Waals surface area (Å²) in [5, 5.41) is 0.704. The number of pyridine rings is 1. The minimum Gasteiger partial charge on any atom is -0.487 e. The normalized spacial score (nSPS) is 10.5. The van der Waals surface area contributed by atoms with Crippen molar-refractivity contribution in [1.82, 2.24) is 4.98 Å². The van der Waals surface area contributed by atoms with Crippen molar-refractivity contribution in [3.05, 3.63) is 71.9 Å². The van der Waals surface area contributed by atoms with Crippen LogP contribution in [0.15, 0.2) is 60.8 Å². The molecule has 3 rings (SSSR count). The van der Waals surface area contributed by atoms with Gasteiger partial charge in [-0.15, -0.1) is 0 Å². The van der Waals surface area contributed by atoms with E-state index < -0.39 is 5.91 Å². The molecule has 0 aliphatic rings. The van der Waals surface area contributed by atoms with Gasteiger partial charge >= 0.3 is 0 Å². The molecule has 0 atom stereocenters. The van der Waals surface area contributed by atoms with Gasteiger partial charge < -0.3 is 10.5 Å². The summed E-state index contributed by atoms with van der Waals surface area (Å²) in [4.78, 5) is 15.8. The number of hydrogen-bond acceptors (Lipinski definition) is 3. The van der Waals surface area contributed by atoms with Crippen molar-refractivity contribution < 1.29 is 9.53 Å². The lowest BCUT2D eigenvalue weighted by molar-refractivity contribution is 0.100. The van der Waals surface area contributed by atoms with E-state index in [0.29, 0.717) is 28.8 Å². The van der Waals surface area contributed by atoms with Gasteiger partial charge in [0.15, 0.2) is 0 Å². The van der Waals surface area contributed by atoms with Crippen molar-refractivity contribution in [2.75, 3.05) is 0 Å². The van der Waals surface area contributed by atoms with Crippen LogP contribution in [0, 0.1) is 0 Å². The average molecular weight is 278 g/mol. The highest BCUT2D eigenvalue weighted by Crippen LogP contribution is 2.27. The molecule has 1 heterocycles. The van der Waals surface area contributed by atoms with Crippen molar-refractivity contribution in [2.24, 2.45) is 5.73 Å². The third-order valence-corrected chi connectivity index (χ3v) is 3.24. The molecule has 4 heteroatoms. The molecule has 1 amide bonds. The second-order valence-electron chi connectivity index (χ2n) is 4.65. The number of fused-ring (bicyclic) bond motifs is 1. The predicted octanol–water partition coefficient (Wildman–Crippen LogP) is 2.91. The zero-order valence-electron chi connectivity index (χ0n) is 11.3. The Bertz CT molecular complexity index is 785. The zero-order chi connectivity index (χ0) is 14.7. The van der Waals surface area contributed by atoms with Crippen molar-refractivity contribution in [3.63, 3.8) is 0 Å². The fourth-order valence-electron chi connectivity index (χ4n) is 2.21. The van der Waals surface area contributed by atoms with Crippen molar-refractivity contribution >= 4 is 16.8 Å². The van der Waals surface area contributed by atoms with Gasteiger partial charge in [0, 0.05) is 17.1 Å². The standard InChI is InChI=1S/C17H14N2O2/c18-17(20)14-8-9-15(16-13(14)7-4-10-19-16)21-11-12-5-2-1-3-6-12/h1-10H,11H2,(H2,18,20). The number of nitrogens with zero attached hydrogens (tertiary/aromatic N) is 1. The molecule has 104 valence electrons. The van der Waals surface area contributed by atoms with Crippen LogP contribution in [-0.2, 0) is 6.61 Å². The Balaban J connectivity index is 1.96. The Morgan fingerprint density at radius 3 is 2.62 bits per heavy atom. The van der Waals surface area contributed by atoms with Gasteiger partial charge in [0.2, 0.25) is 5.91 Å². The molecule has 0 aliphatic carbocycles. The van der Waals surface area contributed by atoms with Crippen LogP contribution < -0.4 is 10.5 Å². The Morgan fingerprint density at radius 2 is 1.86 bits per heavy atom. The van der Waals surface area contributed by atoms with Crippen LogP contribution in [0.4, 0.5) is 0 Å². The number of aromatic nitrogens is 1. The quantitative estimate of drug-likeness (QED) is 0.798. The Kier molecular flexibility index (Phi) is 3.51. The molecular formula is C17H14N2O2. The molecule has 0 unspecified atom stereocenters. The van der Waals surface area contributed by atoms with Crippen molar-refractivity contribution in [3.8, 4) is 5.75 Å². The SMILES string of the molecule is NC(=O)c1ccc(OCc2ccccc2)c2ncccc12. The van der Waals surface area contributed by atoms with Crippen LogP contribution in [0.3, 0.4) is 0 Å². The molecule has 0 radical (unpaired) electrons. The first kappa shape index (κ1) is 13.1. The van der Waals surface area contributed by atoms with E-state index in [1.807, 2.05) is 36.4 Å². The van der Waals surface area contributed by atoms with E-state index in [1.165, 1.54) is 0 Å². The summed E-state index contributed by atoms with van der Waals surface area (Å²) in [5.74, 6) is 0.169. The van der Waals surface area contributed by atoms with Gasteiger partial charge in [-0.05, 0) is 23.8 Å². The van der Waals surface area contributed by atoms with Gasteiger partial charge in [-0.25, -0.2) is 0 Å². The molecule has 3 aromatic rings. The first-order chi connectivity index (χ1) is 10.3. The number of amides is 1. The van der Waals surface area contributed by atoms with Crippen molar-refractivity contribution in [1.29, 1.82) is 0 Å². The maximum atomic E-state index is 11.5. The largest absolute Gasteiger partial charge is 0.487 e. The van der Waals surface area contributed by atoms with Gasteiger partial charge in [0.05, 0.1) is 0 Å². The topological polar surface area (TPSA) is 65.2 Å². The first-order valence-corrected chi connectivity index (χ1v) is 6.60. The average Bonchev–Trinajstić information content (AvgIpc) is 2.53. The summed E-state index contributed by atoms with van der Waals surface area (Å²) in [5.41, 5.74) is 7.55. The van der Waals surface area contributed by atoms with Crippen molar-refractivity contribution in [2.45, 2.75) is 6.61 Å². The second-order valence-corrected chi connectivity index (χ2v) is 4.65. The third kappa shape index (κ3) is 2.69. The summed E-state index contributed by atoms with van der Waals surface area (Å²) in [6, 6.07) is 16.9. The number of ether oxygens (including phenoxy) is 1. The lowest BCUT2D eigenvalue weighted by Gasteiger charge is -2.10. The minimum absolute atomic E-state index is 0.447. The monoisotopic (exact) mass is 278 g/mol. The highest BCUT2D eigenvalue weighted by molar-refractivity contribution is 6.06. The van der Waals surface area contributed by atoms with Crippen LogP contribution in [-0.4, -0.2) is 10.9 Å². The van der Waals surface area contributed by atoms with Crippen LogP contribution in [0.1, 0.15) is 15.9 Å². The number of benzene rings is 2. The summed E-state index contributed by atoms with van der Waals surface area (Å²) >= 11 is 0. The molecule has 2 aromatic carbocycles. The Morgan fingerprint density at radius 1 is 1.05 bits per heavy atom. The fraction of sp³-hybridized carbons (Fsp3) is 0.0588. The van der Waals surface area contributed by atoms with E-state index in [1.54, 1.807) is 24.4 Å². The number of hydrogen-bond donors (Lipinski definition) is 1. The van der Waals surface area contributed by atoms with Gasteiger partial charge in [0.1, 0.15) is 17.9 Å². The number of carbonyl (C=O) groups excluding carboxylic acids is 1. The highest BCUT2D eigenvalue weighted by Gasteiger charge is 2.11. The first-order valence-electron chi connectivity index (χ1n) is 6.60. The van der Waals surface area contributed by atoms with Crippen LogP contribution in [0.2, 0.25) is 0 Å². The summed E-state index contributed by atoms with van der Waals surface area (Å²) in [7, 11) is 0. The summed E-state index contributed by atoms with van der Waals surface area (Å²) < 4.78 is 5.83. The third-order valence-electron chi connectivity index (χ3n) is 3.24. The van der Waals surface area contributed by atoms with E-state index in [4.69, 9.17) is 10.5 Å². The van der Waals surface area contributed by atoms with Gasteiger partial charge in [0.25, 0.3) is 0 Å². The van der Waals surface area contributed by atoms with E-state index in [9.17, 15) is 4.79 Å². The molecule has 0 saturated heterocycles. The van der Waals surface area contributed by atoms with Crippen LogP contribution >= 0.6 is 0 Å². The van der Waals surface area contributed by atoms with Gasteiger partial charge in [-0.3, -0.25) is 9.78 Å². The second kappa shape index (κ2) is 5.63. The van der Waals surface area contributed by atoms with Gasteiger partial charge in [-0.2, -0.15) is 0 Å². The Hall–Kier alpha value is -2.88. The Labute approximate surface area is 122 Å². The molecule has 1 aromatic heterocycles. The van der Waals surface area contributed by atoms with E-state index in [2.05, 4.69) is 4.98 Å². The maximum absolute atomic E-state index is 11.5. The molecular weight excluding hydrogens is 264 g/mol. The molecule has 0 fully saturated rings. The summed E-state index contributed by atoms with van der Waals surface area (Å²) in [6.45, 7) is 0.447. The van der Waals surface area contributed by atoms with E-state index in [0.717, 1.165) is 5.56 Å². The predicted molar refractivity (Wildman–Crippen MR) is 81.0 cm³/mol. The van der Waals surface area contributed by atoms with Crippen LogP contribution in [0.5, 0.6) is 5.75 Å². The molecule has 4 nitrogen and oxygen atoms in total. The lowest BCUT2D eigenvalue weighted by atomic mass is 10.1. The highest BCUT2D eigenvalue weighted by atomic mass is 16.5.